The van der Waals surface area contributed by atoms with Gasteiger partial charge in [0.15, 0.2) is 0 Å². The summed E-state index contributed by atoms with van der Waals surface area (Å²) in [5, 5.41) is 6.93. The van der Waals surface area contributed by atoms with Gasteiger partial charge in [0.05, 0.1) is 30.7 Å². The normalized spacial score (nSPS) is 10.3. The van der Waals surface area contributed by atoms with Gasteiger partial charge in [-0.25, -0.2) is 9.48 Å². The van der Waals surface area contributed by atoms with Gasteiger partial charge in [-0.1, -0.05) is 24.3 Å². The second kappa shape index (κ2) is 9.51. The molecule has 0 fully saturated rings. The van der Waals surface area contributed by atoms with Crippen LogP contribution in [0.1, 0.15) is 17.3 Å². The minimum atomic E-state index is -0.538. The van der Waals surface area contributed by atoms with Crippen molar-refractivity contribution < 1.29 is 19.1 Å². The Morgan fingerprint density at radius 1 is 1.07 bits per heavy atom. The molecule has 8 nitrogen and oxygen atoms in total. The molecule has 1 aromatic heterocycles. The third-order valence-corrected chi connectivity index (χ3v) is 4.22. The molecule has 0 saturated heterocycles. The van der Waals surface area contributed by atoms with Crippen molar-refractivity contribution in [3.05, 3.63) is 76.6 Å². The Kier molecular flexibility index (Phi) is 6.59. The predicted molar refractivity (Wildman–Crippen MR) is 112 cm³/mol. The highest BCUT2D eigenvalue weighted by atomic mass is 16.5. The Bertz CT molecular complexity index is 1120. The van der Waals surface area contributed by atoms with Crippen LogP contribution in [-0.2, 0) is 16.1 Å². The summed E-state index contributed by atoms with van der Waals surface area (Å²) in [4.78, 5) is 36.8. The molecule has 3 rings (SSSR count). The van der Waals surface area contributed by atoms with E-state index < -0.39 is 17.4 Å². The summed E-state index contributed by atoms with van der Waals surface area (Å²) in [5.41, 5.74) is 1.39. The molecule has 0 radical (unpaired) electrons. The Labute approximate surface area is 173 Å². The number of methoxy groups -OCH3 is 1. The van der Waals surface area contributed by atoms with Crippen molar-refractivity contribution in [1.82, 2.24) is 9.78 Å². The molecule has 154 valence electrons. The highest BCUT2D eigenvalue weighted by Gasteiger charge is 2.15. The molecular weight excluding hydrogens is 386 g/mol. The monoisotopic (exact) mass is 407 g/mol. The lowest BCUT2D eigenvalue weighted by atomic mass is 10.1. The first kappa shape index (κ1) is 20.8. The fourth-order valence-corrected chi connectivity index (χ4v) is 2.80. The van der Waals surface area contributed by atoms with Crippen LogP contribution in [0.5, 0.6) is 5.75 Å². The molecule has 0 aliphatic heterocycles. The molecule has 3 aromatic rings. The van der Waals surface area contributed by atoms with E-state index in [1.165, 1.54) is 6.07 Å². The van der Waals surface area contributed by atoms with Gasteiger partial charge in [0.2, 0.25) is 5.91 Å². The number of esters is 1. The summed E-state index contributed by atoms with van der Waals surface area (Å²) in [6.45, 7) is 1.61. The number of hydrogen-bond acceptors (Lipinski definition) is 6. The Hall–Kier alpha value is -3.94. The lowest BCUT2D eigenvalue weighted by Gasteiger charge is -2.11. The molecule has 8 heteroatoms. The van der Waals surface area contributed by atoms with Crippen LogP contribution in [0.25, 0.3) is 11.3 Å². The van der Waals surface area contributed by atoms with Crippen molar-refractivity contribution in [2.45, 2.75) is 13.5 Å². The van der Waals surface area contributed by atoms with Crippen molar-refractivity contribution >= 4 is 17.6 Å². The molecule has 0 aliphatic carbocycles. The van der Waals surface area contributed by atoms with Crippen LogP contribution in [0, 0.1) is 0 Å². The number of amides is 1. The smallest absolute Gasteiger partial charge is 0.340 e. The standard InChI is InChI=1S/C22H21N3O5/c1-3-30-22(28)17-9-4-5-10-19(17)23-20(26)14-25-21(27)12-11-18(24-25)15-7-6-8-16(13-15)29-2/h4-13H,3,14H2,1-2H3,(H,23,26). The van der Waals surface area contributed by atoms with Crippen molar-refractivity contribution in [1.29, 1.82) is 0 Å². The molecule has 2 aromatic carbocycles. The maximum atomic E-state index is 12.5. The number of aromatic nitrogens is 2. The fourth-order valence-electron chi connectivity index (χ4n) is 2.80. The molecular formula is C22H21N3O5. The van der Waals surface area contributed by atoms with Gasteiger partial charge in [-0.15, -0.1) is 0 Å². The van der Waals surface area contributed by atoms with E-state index in [0.717, 1.165) is 10.2 Å². The van der Waals surface area contributed by atoms with Gasteiger partial charge in [-0.3, -0.25) is 9.59 Å². The highest BCUT2D eigenvalue weighted by Crippen LogP contribution is 2.21. The topological polar surface area (TPSA) is 99.5 Å². The van der Waals surface area contributed by atoms with Crippen LogP contribution in [0.15, 0.2) is 65.5 Å². The third-order valence-electron chi connectivity index (χ3n) is 4.22. The van der Waals surface area contributed by atoms with Crippen molar-refractivity contribution in [3.63, 3.8) is 0 Å². The maximum absolute atomic E-state index is 12.5. The first-order valence-corrected chi connectivity index (χ1v) is 9.30. The molecule has 0 unspecified atom stereocenters. The molecule has 30 heavy (non-hydrogen) atoms. The number of ether oxygens (including phenoxy) is 2. The second-order valence-electron chi connectivity index (χ2n) is 6.26. The van der Waals surface area contributed by atoms with Gasteiger partial charge >= 0.3 is 5.97 Å². The Morgan fingerprint density at radius 2 is 1.87 bits per heavy atom. The van der Waals surface area contributed by atoms with Crippen LogP contribution >= 0.6 is 0 Å². The number of benzene rings is 2. The summed E-state index contributed by atoms with van der Waals surface area (Å²) in [7, 11) is 1.56. The summed E-state index contributed by atoms with van der Waals surface area (Å²) in [6.07, 6.45) is 0. The number of carbonyl (C=O) groups excluding carboxylic acids is 2. The van der Waals surface area contributed by atoms with Crippen LogP contribution in [0.3, 0.4) is 0 Å². The van der Waals surface area contributed by atoms with Gasteiger partial charge in [0.25, 0.3) is 5.56 Å². The highest BCUT2D eigenvalue weighted by molar-refractivity contribution is 6.01. The lowest BCUT2D eigenvalue weighted by molar-refractivity contribution is -0.117. The predicted octanol–water partition coefficient (Wildman–Crippen LogP) is 2.73. The molecule has 0 bridgehead atoms. The van der Waals surface area contributed by atoms with E-state index in [0.29, 0.717) is 17.1 Å². The van der Waals surface area contributed by atoms with Gasteiger partial charge in [-0.05, 0) is 37.3 Å². The second-order valence-corrected chi connectivity index (χ2v) is 6.26. The number of nitrogens with one attached hydrogen (secondary N) is 1. The van der Waals surface area contributed by atoms with Gasteiger partial charge in [0.1, 0.15) is 12.3 Å². The average molecular weight is 407 g/mol. The SMILES string of the molecule is CCOC(=O)c1ccccc1NC(=O)Cn1nc(-c2cccc(OC)c2)ccc1=O. The van der Waals surface area contributed by atoms with E-state index in [2.05, 4.69) is 10.4 Å². The lowest BCUT2D eigenvalue weighted by Crippen LogP contribution is -2.29. The van der Waals surface area contributed by atoms with Crippen LogP contribution in [-0.4, -0.2) is 35.4 Å². The number of anilines is 1. The van der Waals surface area contributed by atoms with E-state index in [4.69, 9.17) is 9.47 Å². The van der Waals surface area contributed by atoms with Gasteiger partial charge in [0, 0.05) is 11.6 Å². The summed E-state index contributed by atoms with van der Waals surface area (Å²) in [6, 6.07) is 16.7. The molecule has 0 spiro atoms. The fraction of sp³-hybridized carbons (Fsp3) is 0.182. The first-order chi connectivity index (χ1) is 14.5. The number of hydrogen-bond donors (Lipinski definition) is 1. The number of para-hydroxylation sites is 1. The minimum absolute atomic E-state index is 0.220. The molecule has 0 atom stereocenters. The zero-order chi connectivity index (χ0) is 21.5. The van der Waals surface area contributed by atoms with Crippen LogP contribution < -0.4 is 15.6 Å². The first-order valence-electron chi connectivity index (χ1n) is 9.30. The summed E-state index contributed by atoms with van der Waals surface area (Å²) < 4.78 is 11.3. The third kappa shape index (κ3) is 4.91. The van der Waals surface area contributed by atoms with Crippen molar-refractivity contribution in [2.24, 2.45) is 0 Å². The summed E-state index contributed by atoms with van der Waals surface area (Å²) >= 11 is 0. The van der Waals surface area contributed by atoms with Crippen molar-refractivity contribution in [3.8, 4) is 17.0 Å². The number of nitrogens with zero attached hydrogens (tertiary/aromatic N) is 2. The molecule has 1 heterocycles. The zero-order valence-electron chi connectivity index (χ0n) is 16.6. The van der Waals surface area contributed by atoms with Gasteiger partial charge < -0.3 is 14.8 Å². The van der Waals surface area contributed by atoms with Crippen molar-refractivity contribution in [2.75, 3.05) is 19.0 Å². The van der Waals surface area contributed by atoms with E-state index in [1.807, 2.05) is 12.1 Å². The zero-order valence-corrected chi connectivity index (χ0v) is 16.6. The van der Waals surface area contributed by atoms with E-state index in [1.54, 1.807) is 56.5 Å². The minimum Gasteiger partial charge on any atom is -0.497 e. The number of rotatable bonds is 7. The molecule has 0 saturated carbocycles. The Balaban J connectivity index is 1.81. The average Bonchev–Trinajstić information content (AvgIpc) is 2.76. The number of carbonyl (C=O) groups is 2. The van der Waals surface area contributed by atoms with E-state index in [9.17, 15) is 14.4 Å². The maximum Gasteiger partial charge on any atom is 0.340 e. The van der Waals surface area contributed by atoms with Gasteiger partial charge in [-0.2, -0.15) is 5.10 Å². The van der Waals surface area contributed by atoms with E-state index in [-0.39, 0.29) is 18.7 Å². The molecule has 0 aliphatic rings. The molecule has 1 amide bonds. The summed E-state index contributed by atoms with van der Waals surface area (Å²) in [5.74, 6) is -0.381. The quantitative estimate of drug-likeness (QED) is 0.605. The van der Waals surface area contributed by atoms with Crippen LogP contribution in [0.4, 0.5) is 5.69 Å². The molecule has 1 N–H and O–H groups in total. The van der Waals surface area contributed by atoms with E-state index >= 15 is 0 Å². The largest absolute Gasteiger partial charge is 0.497 e. The van der Waals surface area contributed by atoms with Crippen LogP contribution in [0.2, 0.25) is 0 Å². The Morgan fingerprint density at radius 3 is 2.63 bits per heavy atom.